The molecule has 0 radical (unpaired) electrons. The van der Waals surface area contributed by atoms with E-state index in [0.29, 0.717) is 39.0 Å². The molecule has 0 atom stereocenters. The average Bonchev–Trinajstić information content (AvgIpc) is 3.54. The number of pyridine rings is 1. The largest absolute Gasteiger partial charge is 0.477 e. The van der Waals surface area contributed by atoms with E-state index in [1.54, 1.807) is 11.8 Å². The zero-order chi connectivity index (χ0) is 21.8. The van der Waals surface area contributed by atoms with E-state index in [4.69, 9.17) is 4.74 Å². The predicted molar refractivity (Wildman–Crippen MR) is 104 cm³/mol. The quantitative estimate of drug-likeness (QED) is 0.341. The van der Waals surface area contributed by atoms with Crippen LogP contribution < -0.4 is 10.2 Å². The van der Waals surface area contributed by atoms with Gasteiger partial charge in [-0.15, -0.1) is 0 Å². The van der Waals surface area contributed by atoms with Gasteiger partial charge in [0.05, 0.1) is 6.61 Å². The summed E-state index contributed by atoms with van der Waals surface area (Å²) in [5.41, 5.74) is -0.680. The molecule has 1 aliphatic carbocycles. The first kappa shape index (κ1) is 21.3. The minimum atomic E-state index is -1.55. The monoisotopic (exact) mass is 422 g/mol. The first-order valence-electron chi connectivity index (χ1n) is 9.62. The second kappa shape index (κ2) is 8.97. The van der Waals surface area contributed by atoms with E-state index < -0.39 is 29.4 Å². The van der Waals surface area contributed by atoms with Crippen LogP contribution in [-0.2, 0) is 14.3 Å². The number of aliphatic carboxylic acids is 2. The fourth-order valence-electron chi connectivity index (χ4n) is 3.24. The van der Waals surface area contributed by atoms with Gasteiger partial charge in [0.2, 0.25) is 0 Å². The number of anilines is 2. The molecule has 0 aromatic carbocycles. The number of hydrogen-bond acceptors (Lipinski definition) is 7. The first-order valence-corrected chi connectivity index (χ1v) is 9.62. The minimum Gasteiger partial charge on any atom is -0.477 e. The zero-order valence-corrected chi connectivity index (χ0v) is 16.4. The Morgan fingerprint density at radius 2 is 1.80 bits per heavy atom. The molecule has 1 saturated heterocycles. The summed E-state index contributed by atoms with van der Waals surface area (Å²) >= 11 is 0. The predicted octanol–water partition coefficient (Wildman–Crippen LogP) is 1.74. The van der Waals surface area contributed by atoms with Crippen molar-refractivity contribution >= 4 is 29.7 Å². The van der Waals surface area contributed by atoms with E-state index >= 15 is 0 Å². The molecule has 2 fully saturated rings. The Kier molecular flexibility index (Phi) is 6.38. The fourth-order valence-corrected chi connectivity index (χ4v) is 3.24. The number of carbonyl (C=O) groups excluding carboxylic acids is 1. The van der Waals surface area contributed by atoms with Gasteiger partial charge in [0.25, 0.3) is 0 Å². The van der Waals surface area contributed by atoms with Crippen LogP contribution in [0.5, 0.6) is 0 Å². The number of carboxylic acid groups (broad SMARTS) is 2. The second-order valence-electron chi connectivity index (χ2n) is 6.97. The van der Waals surface area contributed by atoms with Gasteiger partial charge in [0, 0.05) is 37.8 Å². The van der Waals surface area contributed by atoms with Crippen molar-refractivity contribution in [3.8, 4) is 0 Å². The van der Waals surface area contributed by atoms with E-state index in [1.807, 2.05) is 0 Å². The van der Waals surface area contributed by atoms with E-state index in [9.17, 15) is 29.0 Å². The van der Waals surface area contributed by atoms with Crippen molar-refractivity contribution < 1.29 is 33.7 Å². The Hall–Kier alpha value is -3.37. The number of piperazine rings is 1. The molecule has 2 aliphatic rings. The lowest BCUT2D eigenvalue weighted by molar-refractivity contribution is -0.140. The lowest BCUT2D eigenvalue weighted by Crippen LogP contribution is -2.49. The lowest BCUT2D eigenvalue weighted by atomic mass is 10.1. The summed E-state index contributed by atoms with van der Waals surface area (Å²) in [6.45, 7) is 3.35. The Morgan fingerprint density at radius 3 is 2.33 bits per heavy atom. The highest BCUT2D eigenvalue weighted by Gasteiger charge is 2.34. The van der Waals surface area contributed by atoms with Gasteiger partial charge in [-0.25, -0.2) is 23.8 Å². The maximum absolute atomic E-state index is 14.4. The van der Waals surface area contributed by atoms with Crippen molar-refractivity contribution in [2.75, 3.05) is 43.0 Å². The number of carbonyl (C=O) groups is 3. The molecule has 3 N–H and O–H groups in total. The maximum Gasteiger partial charge on any atom is 0.409 e. The number of hydrogen-bond donors (Lipinski definition) is 3. The molecule has 0 unspecified atom stereocenters. The van der Waals surface area contributed by atoms with Crippen LogP contribution in [0.25, 0.3) is 0 Å². The fraction of sp³-hybridized carbons (Fsp3) is 0.474. The van der Waals surface area contributed by atoms with Crippen molar-refractivity contribution in [2.45, 2.75) is 19.8 Å². The molecule has 1 aromatic heterocycles. The van der Waals surface area contributed by atoms with Gasteiger partial charge in [-0.3, -0.25) is 0 Å². The summed E-state index contributed by atoms with van der Waals surface area (Å²) in [5.74, 6) is -3.68. The third kappa shape index (κ3) is 4.78. The number of amides is 1. The van der Waals surface area contributed by atoms with Crippen LogP contribution in [0.4, 0.5) is 20.8 Å². The lowest BCUT2D eigenvalue weighted by Gasteiger charge is -2.34. The van der Waals surface area contributed by atoms with Crippen molar-refractivity contribution in [3.05, 3.63) is 29.2 Å². The SMILES string of the molecule is CCOC(=O)N1CCN(c2nc(NC(=C(C(=O)O)C(=O)O)C3CC3)ccc2F)CC1. The van der Waals surface area contributed by atoms with Gasteiger partial charge in [-0.2, -0.15) is 0 Å². The number of rotatable bonds is 7. The molecule has 2 heterocycles. The minimum absolute atomic E-state index is 0.0471. The molecular weight excluding hydrogens is 399 g/mol. The summed E-state index contributed by atoms with van der Waals surface area (Å²) in [7, 11) is 0. The van der Waals surface area contributed by atoms with Crippen LogP contribution in [0.3, 0.4) is 0 Å². The maximum atomic E-state index is 14.4. The summed E-state index contributed by atoms with van der Waals surface area (Å²) in [4.78, 5) is 42.0. The summed E-state index contributed by atoms with van der Waals surface area (Å²) in [6.07, 6.45) is 0.905. The number of halogens is 1. The summed E-state index contributed by atoms with van der Waals surface area (Å²) in [5, 5.41) is 21.3. The Bertz CT molecular complexity index is 862. The van der Waals surface area contributed by atoms with Crippen LogP contribution in [0, 0.1) is 11.7 Å². The number of allylic oxidation sites excluding steroid dienone is 1. The molecule has 1 aromatic rings. The molecule has 1 amide bonds. The number of ether oxygens (including phenoxy) is 1. The van der Waals surface area contributed by atoms with Crippen LogP contribution in [0.2, 0.25) is 0 Å². The molecule has 10 nitrogen and oxygen atoms in total. The highest BCUT2D eigenvalue weighted by molar-refractivity contribution is 6.13. The molecule has 0 spiro atoms. The number of carboxylic acids is 2. The molecule has 0 bridgehead atoms. The molecule has 30 heavy (non-hydrogen) atoms. The third-order valence-corrected chi connectivity index (χ3v) is 4.88. The molecule has 1 aliphatic heterocycles. The molecule has 1 saturated carbocycles. The molecule has 3 rings (SSSR count). The Balaban J connectivity index is 1.79. The van der Waals surface area contributed by atoms with Crippen LogP contribution in [0.15, 0.2) is 23.4 Å². The van der Waals surface area contributed by atoms with Gasteiger partial charge in [-0.05, 0) is 31.9 Å². The van der Waals surface area contributed by atoms with Gasteiger partial charge in [0.1, 0.15) is 5.82 Å². The van der Waals surface area contributed by atoms with E-state index in [-0.39, 0.29) is 29.9 Å². The van der Waals surface area contributed by atoms with Crippen LogP contribution in [0.1, 0.15) is 19.8 Å². The topological polar surface area (TPSA) is 132 Å². The highest BCUT2D eigenvalue weighted by Crippen LogP contribution is 2.38. The third-order valence-electron chi connectivity index (χ3n) is 4.88. The highest BCUT2D eigenvalue weighted by atomic mass is 19.1. The summed E-state index contributed by atoms with van der Waals surface area (Å²) in [6, 6.07) is 2.52. The van der Waals surface area contributed by atoms with Gasteiger partial charge < -0.3 is 30.1 Å². The Morgan fingerprint density at radius 1 is 1.17 bits per heavy atom. The van der Waals surface area contributed by atoms with Gasteiger partial charge in [0.15, 0.2) is 17.2 Å². The molecular formula is C19H23FN4O6. The normalized spacial score (nSPS) is 16.1. The van der Waals surface area contributed by atoms with Crippen molar-refractivity contribution in [3.63, 3.8) is 0 Å². The Labute approximate surface area is 171 Å². The van der Waals surface area contributed by atoms with Crippen LogP contribution in [-0.4, -0.2) is 70.9 Å². The number of nitrogens with zero attached hydrogens (tertiary/aromatic N) is 3. The van der Waals surface area contributed by atoms with Gasteiger partial charge in [-0.1, -0.05) is 0 Å². The van der Waals surface area contributed by atoms with E-state index in [0.717, 1.165) is 0 Å². The van der Waals surface area contributed by atoms with Crippen molar-refractivity contribution in [2.24, 2.45) is 5.92 Å². The van der Waals surface area contributed by atoms with Gasteiger partial charge >= 0.3 is 18.0 Å². The van der Waals surface area contributed by atoms with Crippen molar-refractivity contribution in [1.82, 2.24) is 9.88 Å². The molecule has 11 heteroatoms. The zero-order valence-electron chi connectivity index (χ0n) is 16.4. The standard InChI is InChI=1S/C19H23FN4O6/c1-2-30-19(29)24-9-7-23(8-10-24)16-12(20)5-6-13(22-16)21-15(11-3-4-11)14(17(25)26)18(27)28/h5-6,11H,2-4,7-10H2,1H3,(H,21,22)(H,25,26)(H,27,28). The van der Waals surface area contributed by atoms with Crippen molar-refractivity contribution in [1.29, 1.82) is 0 Å². The smallest absolute Gasteiger partial charge is 0.409 e. The molecule has 162 valence electrons. The summed E-state index contributed by atoms with van der Waals surface area (Å²) < 4.78 is 19.4. The van der Waals surface area contributed by atoms with E-state index in [2.05, 4.69) is 10.3 Å². The average molecular weight is 422 g/mol. The number of nitrogens with one attached hydrogen (secondary N) is 1. The second-order valence-corrected chi connectivity index (χ2v) is 6.97. The number of aromatic nitrogens is 1. The first-order chi connectivity index (χ1) is 14.3. The van der Waals surface area contributed by atoms with Crippen LogP contribution >= 0.6 is 0 Å². The van der Waals surface area contributed by atoms with E-state index in [1.165, 1.54) is 17.0 Å².